The molecule has 2 fully saturated rings. The van der Waals surface area contributed by atoms with E-state index in [1.54, 1.807) is 0 Å². The van der Waals surface area contributed by atoms with Crippen molar-refractivity contribution in [1.82, 2.24) is 4.90 Å². The first kappa shape index (κ1) is 13.9. The quantitative estimate of drug-likeness (QED) is 0.797. The molecule has 1 aromatic carbocycles. The summed E-state index contributed by atoms with van der Waals surface area (Å²) in [6.45, 7) is 0.264. The van der Waals surface area contributed by atoms with Gasteiger partial charge in [-0.25, -0.2) is 9.69 Å². The van der Waals surface area contributed by atoms with Crippen LogP contribution in [0.3, 0.4) is 0 Å². The van der Waals surface area contributed by atoms with Gasteiger partial charge in [-0.3, -0.25) is 4.79 Å². The molecule has 1 aliphatic carbocycles. The van der Waals surface area contributed by atoms with E-state index in [1.165, 1.54) is 24.2 Å². The fourth-order valence-corrected chi connectivity index (χ4v) is 2.93. The summed E-state index contributed by atoms with van der Waals surface area (Å²) in [5, 5.41) is 0. The molecule has 4 nitrogen and oxygen atoms in total. The third-order valence-corrected chi connectivity index (χ3v) is 4.09. The Balaban J connectivity index is 1.71. The Morgan fingerprint density at radius 2 is 1.81 bits per heavy atom. The van der Waals surface area contributed by atoms with Gasteiger partial charge in [0.25, 0.3) is 5.91 Å². The lowest BCUT2D eigenvalue weighted by molar-refractivity contribution is -0.123. The van der Waals surface area contributed by atoms with Crippen LogP contribution in [0, 0.1) is 5.92 Å². The SMILES string of the molecule is O=C1O/C(=C\C2CCCCC2)C(=O)N1Cc1ccccc1. The van der Waals surface area contributed by atoms with Crippen molar-refractivity contribution >= 4 is 12.0 Å². The normalized spacial score (nSPS) is 21.9. The van der Waals surface area contributed by atoms with Gasteiger partial charge in [-0.2, -0.15) is 0 Å². The lowest BCUT2D eigenvalue weighted by Gasteiger charge is -2.17. The highest BCUT2D eigenvalue weighted by atomic mass is 16.6. The molecule has 1 heterocycles. The second kappa shape index (κ2) is 6.12. The summed E-state index contributed by atoms with van der Waals surface area (Å²) < 4.78 is 5.16. The standard InChI is InChI=1S/C17H19NO3/c19-16-15(11-13-7-3-1-4-8-13)21-17(20)18(16)12-14-9-5-2-6-10-14/h2,5-6,9-11,13H,1,3-4,7-8,12H2/b15-11-. The van der Waals surface area contributed by atoms with Gasteiger partial charge >= 0.3 is 6.09 Å². The highest BCUT2D eigenvalue weighted by molar-refractivity contribution is 6.07. The maximum atomic E-state index is 12.3. The van der Waals surface area contributed by atoms with Gasteiger partial charge in [0, 0.05) is 0 Å². The summed E-state index contributed by atoms with van der Waals surface area (Å²) in [6.07, 6.45) is 7.07. The Hall–Kier alpha value is -2.10. The fourth-order valence-electron chi connectivity index (χ4n) is 2.93. The lowest BCUT2D eigenvalue weighted by atomic mass is 9.89. The number of rotatable bonds is 3. The monoisotopic (exact) mass is 285 g/mol. The number of allylic oxidation sites excluding steroid dienone is 1. The van der Waals surface area contributed by atoms with E-state index in [0.29, 0.717) is 5.92 Å². The molecule has 0 N–H and O–H groups in total. The Bertz CT molecular complexity index is 559. The zero-order chi connectivity index (χ0) is 14.7. The van der Waals surface area contributed by atoms with Crippen molar-refractivity contribution < 1.29 is 14.3 Å². The van der Waals surface area contributed by atoms with Crippen molar-refractivity contribution in [2.24, 2.45) is 5.92 Å². The molecule has 1 aliphatic heterocycles. The number of nitrogens with zero attached hydrogens (tertiary/aromatic N) is 1. The number of hydrogen-bond donors (Lipinski definition) is 0. The van der Waals surface area contributed by atoms with Crippen molar-refractivity contribution in [3.8, 4) is 0 Å². The van der Waals surface area contributed by atoms with E-state index in [1.807, 2.05) is 36.4 Å². The molecule has 1 saturated heterocycles. The molecule has 0 bridgehead atoms. The summed E-state index contributed by atoms with van der Waals surface area (Å²) >= 11 is 0. The number of benzene rings is 1. The fraction of sp³-hybridized carbons (Fsp3) is 0.412. The van der Waals surface area contributed by atoms with E-state index >= 15 is 0 Å². The van der Waals surface area contributed by atoms with Crippen LogP contribution in [0.4, 0.5) is 4.79 Å². The molecule has 1 saturated carbocycles. The maximum Gasteiger partial charge on any atom is 0.422 e. The predicted molar refractivity (Wildman–Crippen MR) is 78.1 cm³/mol. The van der Waals surface area contributed by atoms with Crippen LogP contribution in [-0.2, 0) is 16.1 Å². The van der Waals surface area contributed by atoms with E-state index in [-0.39, 0.29) is 18.2 Å². The van der Waals surface area contributed by atoms with Gasteiger partial charge in [0.15, 0.2) is 5.76 Å². The predicted octanol–water partition coefficient (Wildman–Crippen LogP) is 3.63. The van der Waals surface area contributed by atoms with E-state index in [0.717, 1.165) is 18.4 Å². The smallest absolute Gasteiger partial charge is 0.404 e. The van der Waals surface area contributed by atoms with Crippen molar-refractivity contribution in [2.75, 3.05) is 0 Å². The largest absolute Gasteiger partial charge is 0.422 e. The topological polar surface area (TPSA) is 46.6 Å². The lowest BCUT2D eigenvalue weighted by Crippen LogP contribution is -2.28. The molecule has 0 aromatic heterocycles. The zero-order valence-electron chi connectivity index (χ0n) is 12.0. The van der Waals surface area contributed by atoms with E-state index in [4.69, 9.17) is 4.74 Å². The molecule has 4 heteroatoms. The number of hydrogen-bond acceptors (Lipinski definition) is 3. The van der Waals surface area contributed by atoms with Gasteiger partial charge in [-0.1, -0.05) is 49.6 Å². The molecule has 2 aliphatic rings. The molecule has 2 amide bonds. The minimum atomic E-state index is -0.564. The molecule has 21 heavy (non-hydrogen) atoms. The van der Waals surface area contributed by atoms with Gasteiger partial charge in [0.05, 0.1) is 6.54 Å². The highest BCUT2D eigenvalue weighted by Gasteiger charge is 2.36. The van der Waals surface area contributed by atoms with Gasteiger partial charge in [-0.05, 0) is 30.4 Å². The molecule has 0 atom stereocenters. The third kappa shape index (κ3) is 3.15. The minimum absolute atomic E-state index is 0.211. The van der Waals surface area contributed by atoms with Crippen LogP contribution < -0.4 is 0 Å². The first-order valence-electron chi connectivity index (χ1n) is 7.53. The first-order chi connectivity index (χ1) is 10.2. The summed E-state index contributed by atoms with van der Waals surface area (Å²) in [7, 11) is 0. The molecule has 3 rings (SSSR count). The number of ether oxygens (including phenoxy) is 1. The summed E-state index contributed by atoms with van der Waals surface area (Å²) in [6, 6.07) is 9.47. The Labute approximate surface area is 124 Å². The van der Waals surface area contributed by atoms with Gasteiger partial charge in [-0.15, -0.1) is 0 Å². The van der Waals surface area contributed by atoms with Crippen LogP contribution in [0.25, 0.3) is 0 Å². The summed E-state index contributed by atoms with van der Waals surface area (Å²) in [4.78, 5) is 25.4. The highest BCUT2D eigenvalue weighted by Crippen LogP contribution is 2.28. The molecule has 110 valence electrons. The average molecular weight is 285 g/mol. The van der Waals surface area contributed by atoms with E-state index < -0.39 is 6.09 Å². The molecule has 0 spiro atoms. The number of imide groups is 1. The maximum absolute atomic E-state index is 12.3. The van der Waals surface area contributed by atoms with Gasteiger partial charge < -0.3 is 4.74 Å². The number of amides is 2. The van der Waals surface area contributed by atoms with Crippen molar-refractivity contribution in [2.45, 2.75) is 38.6 Å². The van der Waals surface area contributed by atoms with Crippen molar-refractivity contribution in [3.05, 3.63) is 47.7 Å². The van der Waals surface area contributed by atoms with Gasteiger partial charge in [0.2, 0.25) is 0 Å². The van der Waals surface area contributed by atoms with Crippen LogP contribution >= 0.6 is 0 Å². The van der Waals surface area contributed by atoms with Crippen LogP contribution in [0.1, 0.15) is 37.7 Å². The van der Waals surface area contributed by atoms with Crippen LogP contribution in [0.15, 0.2) is 42.2 Å². The third-order valence-electron chi connectivity index (χ3n) is 4.09. The first-order valence-corrected chi connectivity index (χ1v) is 7.53. The van der Waals surface area contributed by atoms with Crippen LogP contribution in [0.5, 0.6) is 0 Å². The molecule has 0 unspecified atom stereocenters. The second-order valence-corrected chi connectivity index (χ2v) is 5.67. The molecular weight excluding hydrogens is 266 g/mol. The van der Waals surface area contributed by atoms with Crippen molar-refractivity contribution in [1.29, 1.82) is 0 Å². The summed E-state index contributed by atoms with van der Waals surface area (Å²) in [5.41, 5.74) is 0.918. The molecule has 0 radical (unpaired) electrons. The molecular formula is C17H19NO3. The number of cyclic esters (lactones) is 1. The number of carbonyl (C=O) groups excluding carboxylic acids is 2. The minimum Gasteiger partial charge on any atom is -0.404 e. The van der Waals surface area contributed by atoms with E-state index in [2.05, 4.69) is 0 Å². The van der Waals surface area contributed by atoms with E-state index in [9.17, 15) is 9.59 Å². The summed E-state index contributed by atoms with van der Waals surface area (Å²) in [5.74, 6) is 0.263. The van der Waals surface area contributed by atoms with Crippen molar-refractivity contribution in [3.63, 3.8) is 0 Å². The number of carbonyl (C=O) groups is 2. The van der Waals surface area contributed by atoms with Gasteiger partial charge in [0.1, 0.15) is 0 Å². The van der Waals surface area contributed by atoms with Crippen LogP contribution in [0.2, 0.25) is 0 Å². The Morgan fingerprint density at radius 1 is 1.10 bits per heavy atom. The van der Waals surface area contributed by atoms with Crippen LogP contribution in [-0.4, -0.2) is 16.9 Å². The Morgan fingerprint density at radius 3 is 2.52 bits per heavy atom. The average Bonchev–Trinajstić information content (AvgIpc) is 2.77. The Kier molecular flexibility index (Phi) is 4.04. The molecule has 1 aromatic rings. The zero-order valence-corrected chi connectivity index (χ0v) is 12.0. The second-order valence-electron chi connectivity index (χ2n) is 5.67.